The summed E-state index contributed by atoms with van der Waals surface area (Å²) < 4.78 is 5.36. The number of allylic oxidation sites excluding steroid dienone is 5. The molecular weight excluding hydrogens is 392 g/mol. The molecule has 2 saturated heterocycles. The number of rotatable bonds is 5. The van der Waals surface area contributed by atoms with Gasteiger partial charge >= 0.3 is 0 Å². The quantitative estimate of drug-likeness (QED) is 0.498. The van der Waals surface area contributed by atoms with Gasteiger partial charge in [0.25, 0.3) is 0 Å². The van der Waals surface area contributed by atoms with Gasteiger partial charge in [0.15, 0.2) is 0 Å². The van der Waals surface area contributed by atoms with E-state index in [4.69, 9.17) is 15.9 Å². The third-order valence-corrected chi connectivity index (χ3v) is 5.45. The fourth-order valence-corrected chi connectivity index (χ4v) is 3.67. The molecule has 0 spiro atoms. The number of primary amides is 1. The summed E-state index contributed by atoms with van der Waals surface area (Å²) in [4.78, 5) is 13.0. The van der Waals surface area contributed by atoms with Gasteiger partial charge in [-0.25, -0.2) is 0 Å². The minimum Gasteiger partial charge on any atom is -0.396 e. The highest BCUT2D eigenvalue weighted by Crippen LogP contribution is 2.18. The summed E-state index contributed by atoms with van der Waals surface area (Å²) in [5.41, 5.74) is 6.21. The molecule has 2 unspecified atom stereocenters. The number of piperidine rings is 1. The van der Waals surface area contributed by atoms with Crippen LogP contribution in [0, 0.1) is 11.3 Å². The Bertz CT molecular complexity index is 678. The van der Waals surface area contributed by atoms with Crippen molar-refractivity contribution in [1.82, 2.24) is 10.2 Å². The van der Waals surface area contributed by atoms with E-state index in [0.717, 1.165) is 45.6 Å². The molecule has 7 heteroatoms. The van der Waals surface area contributed by atoms with Gasteiger partial charge < -0.3 is 31.2 Å². The summed E-state index contributed by atoms with van der Waals surface area (Å²) in [6.45, 7) is 11.7. The van der Waals surface area contributed by atoms with E-state index in [0.29, 0.717) is 35.9 Å². The average Bonchev–Trinajstić information content (AvgIpc) is 2.79. The molecule has 0 aromatic heterocycles. The summed E-state index contributed by atoms with van der Waals surface area (Å²) in [6, 6.07) is 1.08. The normalized spacial score (nSPS) is 25.3. The number of ether oxygens (including phenoxy) is 1. The van der Waals surface area contributed by atoms with E-state index in [9.17, 15) is 9.90 Å². The number of nitrogens with one attached hydrogen (secondary N) is 2. The number of nitrogens with zero attached hydrogens (tertiary/aromatic N) is 1. The van der Waals surface area contributed by atoms with E-state index in [1.165, 1.54) is 6.08 Å². The topological polar surface area (TPSA) is 112 Å². The fraction of sp³-hybridized carbons (Fsp3) is 0.583. The first-order valence-corrected chi connectivity index (χ1v) is 11.2. The minimum absolute atomic E-state index is 0.208. The smallest absolute Gasteiger partial charge is 0.248 e. The Morgan fingerprint density at radius 2 is 1.97 bits per heavy atom. The highest BCUT2D eigenvalue weighted by atomic mass is 16.5. The maximum Gasteiger partial charge on any atom is 0.248 e. The molecule has 2 heterocycles. The van der Waals surface area contributed by atoms with Crippen molar-refractivity contribution in [1.29, 1.82) is 5.41 Å². The van der Waals surface area contributed by atoms with Gasteiger partial charge in [-0.1, -0.05) is 38.7 Å². The Kier molecular flexibility index (Phi) is 12.9. The van der Waals surface area contributed by atoms with Crippen molar-refractivity contribution in [3.05, 3.63) is 48.1 Å². The molecule has 2 atom stereocenters. The third kappa shape index (κ3) is 9.74. The fourth-order valence-electron chi connectivity index (χ4n) is 3.67. The van der Waals surface area contributed by atoms with E-state index >= 15 is 0 Å². The second-order valence-corrected chi connectivity index (χ2v) is 7.77. The molecule has 31 heavy (non-hydrogen) atoms. The average molecular weight is 433 g/mol. The van der Waals surface area contributed by atoms with Crippen molar-refractivity contribution in [2.45, 2.75) is 45.2 Å². The number of aliphatic hydroxyl groups excluding tert-OH is 1. The van der Waals surface area contributed by atoms with Crippen molar-refractivity contribution in [2.24, 2.45) is 11.7 Å². The van der Waals surface area contributed by atoms with Crippen LogP contribution in [0.5, 0.6) is 0 Å². The van der Waals surface area contributed by atoms with Crippen LogP contribution in [-0.4, -0.2) is 73.7 Å². The van der Waals surface area contributed by atoms with Crippen molar-refractivity contribution in [3.8, 4) is 0 Å². The van der Waals surface area contributed by atoms with Gasteiger partial charge in [-0.3, -0.25) is 4.79 Å². The number of hydrogen-bond acceptors (Lipinski definition) is 6. The summed E-state index contributed by atoms with van der Waals surface area (Å²) in [5, 5.41) is 20.6. The number of aliphatic hydroxyl groups is 1. The van der Waals surface area contributed by atoms with E-state index in [2.05, 4.69) is 23.8 Å². The number of likely N-dealkylation sites (tertiary alicyclic amines) is 1. The molecule has 5 N–H and O–H groups in total. The molecule has 174 valence electrons. The van der Waals surface area contributed by atoms with Gasteiger partial charge in [0.1, 0.15) is 0 Å². The lowest BCUT2D eigenvalue weighted by Crippen LogP contribution is -2.53. The maximum atomic E-state index is 10.6. The summed E-state index contributed by atoms with van der Waals surface area (Å²) in [6.07, 6.45) is 11.8. The SMILES string of the molecule is C=C(/C=C1/C=CC=CC1=N)C(N)=O.CC.CN1CCC(NC2CCOCC2)C(CO)C1. The minimum atomic E-state index is -0.566. The number of hydrogen-bond donors (Lipinski definition) is 4. The van der Waals surface area contributed by atoms with Crippen molar-refractivity contribution in [3.63, 3.8) is 0 Å². The van der Waals surface area contributed by atoms with Crippen LogP contribution in [0.4, 0.5) is 0 Å². The zero-order valence-corrected chi connectivity index (χ0v) is 19.3. The van der Waals surface area contributed by atoms with Gasteiger partial charge in [0.2, 0.25) is 5.91 Å². The van der Waals surface area contributed by atoms with Gasteiger partial charge in [-0.15, -0.1) is 0 Å². The molecule has 2 aliphatic heterocycles. The molecule has 1 aliphatic carbocycles. The van der Waals surface area contributed by atoms with Gasteiger partial charge in [-0.05, 0) is 45.0 Å². The van der Waals surface area contributed by atoms with Crippen LogP contribution in [-0.2, 0) is 9.53 Å². The van der Waals surface area contributed by atoms with Gasteiger partial charge in [0.05, 0.1) is 5.71 Å². The lowest BCUT2D eigenvalue weighted by molar-refractivity contribution is -0.114. The second-order valence-electron chi connectivity index (χ2n) is 7.77. The number of carbonyl (C=O) groups is 1. The van der Waals surface area contributed by atoms with Crippen molar-refractivity contribution < 1.29 is 14.6 Å². The van der Waals surface area contributed by atoms with Crippen LogP contribution in [0.2, 0.25) is 0 Å². The van der Waals surface area contributed by atoms with Crippen molar-refractivity contribution in [2.75, 3.05) is 40.0 Å². The first kappa shape index (κ1) is 27.0. The van der Waals surface area contributed by atoms with E-state index in [1.807, 2.05) is 13.8 Å². The van der Waals surface area contributed by atoms with Gasteiger partial charge in [-0.2, -0.15) is 0 Å². The molecule has 1 amide bonds. The predicted octanol–water partition coefficient (Wildman–Crippen LogP) is 2.19. The third-order valence-electron chi connectivity index (χ3n) is 5.45. The zero-order chi connectivity index (χ0) is 23.2. The Hall–Kier alpha value is -2.06. The van der Waals surface area contributed by atoms with E-state index < -0.39 is 5.91 Å². The van der Waals surface area contributed by atoms with Gasteiger partial charge in [0, 0.05) is 55.5 Å². The zero-order valence-electron chi connectivity index (χ0n) is 19.3. The van der Waals surface area contributed by atoms with Crippen LogP contribution in [0.15, 0.2) is 48.1 Å². The number of carbonyl (C=O) groups excluding carboxylic acids is 1. The van der Waals surface area contributed by atoms with E-state index in [1.54, 1.807) is 24.3 Å². The molecule has 0 aromatic carbocycles. The molecule has 0 radical (unpaired) electrons. The maximum absolute atomic E-state index is 10.6. The Labute approximate surface area is 187 Å². The summed E-state index contributed by atoms with van der Waals surface area (Å²) >= 11 is 0. The van der Waals surface area contributed by atoms with Crippen molar-refractivity contribution >= 4 is 11.6 Å². The number of nitrogens with two attached hydrogens (primary N) is 1. The molecular formula is C24H40N4O3. The monoisotopic (exact) mass is 432 g/mol. The lowest BCUT2D eigenvalue weighted by atomic mass is 9.91. The van der Waals surface area contributed by atoms with Crippen LogP contribution < -0.4 is 11.1 Å². The number of amides is 1. The Morgan fingerprint density at radius 1 is 1.32 bits per heavy atom. The molecule has 0 saturated carbocycles. The van der Waals surface area contributed by atoms with Crippen LogP contribution >= 0.6 is 0 Å². The first-order chi connectivity index (χ1) is 14.9. The highest BCUT2D eigenvalue weighted by molar-refractivity contribution is 6.11. The predicted molar refractivity (Wildman–Crippen MR) is 127 cm³/mol. The molecule has 7 nitrogen and oxygen atoms in total. The highest BCUT2D eigenvalue weighted by Gasteiger charge is 2.29. The van der Waals surface area contributed by atoms with Crippen LogP contribution in [0.3, 0.4) is 0 Å². The molecule has 3 rings (SSSR count). The molecule has 2 fully saturated rings. The molecule has 3 aliphatic rings. The largest absolute Gasteiger partial charge is 0.396 e. The van der Waals surface area contributed by atoms with Crippen LogP contribution in [0.1, 0.15) is 33.1 Å². The summed E-state index contributed by atoms with van der Waals surface area (Å²) in [7, 11) is 2.13. The van der Waals surface area contributed by atoms with E-state index in [-0.39, 0.29) is 5.57 Å². The Morgan fingerprint density at radius 3 is 2.55 bits per heavy atom. The molecule has 0 aromatic rings. The van der Waals surface area contributed by atoms with Crippen LogP contribution in [0.25, 0.3) is 0 Å². The standard InChI is InChI=1S/C12H24N2O2.C10H10N2O.C2H6/c1-14-5-2-12(10(8-14)9-15)13-11-3-6-16-7-4-11;1-7(10(12)13)6-8-4-2-3-5-9(8)11;1-2/h10-13,15H,2-9H2,1H3;2-6,11H,1H2,(H2,12,13);1-2H3/b;8-6-,11-9?;. The Balaban J connectivity index is 0.000000293. The first-order valence-electron chi connectivity index (χ1n) is 11.2. The second kappa shape index (κ2) is 14.9. The summed E-state index contributed by atoms with van der Waals surface area (Å²) in [5.74, 6) is -0.176. The molecule has 0 bridgehead atoms. The lowest BCUT2D eigenvalue weighted by Gasteiger charge is -2.39.